The summed E-state index contributed by atoms with van der Waals surface area (Å²) in [4.78, 5) is 12.8. The van der Waals surface area contributed by atoms with E-state index in [0.29, 0.717) is 6.42 Å². The SMILES string of the molecule is CN1C(=O)Cc2c[c-]ccc21.[V]. The summed E-state index contributed by atoms with van der Waals surface area (Å²) in [6.45, 7) is 0. The van der Waals surface area contributed by atoms with Crippen molar-refractivity contribution in [2.45, 2.75) is 6.42 Å². The van der Waals surface area contributed by atoms with Gasteiger partial charge in [0.25, 0.3) is 0 Å². The number of hydrogen-bond acceptors (Lipinski definition) is 1. The van der Waals surface area contributed by atoms with E-state index in [9.17, 15) is 4.79 Å². The van der Waals surface area contributed by atoms with E-state index in [2.05, 4.69) is 6.07 Å². The molecule has 0 unspecified atom stereocenters. The van der Waals surface area contributed by atoms with Crippen LogP contribution in [0, 0.1) is 6.07 Å². The first kappa shape index (κ1) is 9.36. The standard InChI is InChI=1S/C9H8NO.V/c1-10-8-5-3-2-4-7(8)6-9(10)11;/h3-5H,6H2,1H3;/q-1;. The second-order valence-corrected chi connectivity index (χ2v) is 2.68. The fourth-order valence-corrected chi connectivity index (χ4v) is 1.34. The Balaban J connectivity index is 0.000000720. The monoisotopic (exact) mass is 197 g/mol. The first-order valence-electron chi connectivity index (χ1n) is 3.54. The van der Waals surface area contributed by atoms with Crippen molar-refractivity contribution in [1.82, 2.24) is 0 Å². The van der Waals surface area contributed by atoms with Gasteiger partial charge in [0, 0.05) is 32.0 Å². The molecule has 1 aromatic rings. The summed E-state index contributed by atoms with van der Waals surface area (Å²) in [7, 11) is 1.80. The van der Waals surface area contributed by atoms with Gasteiger partial charge in [-0.3, -0.25) is 4.79 Å². The molecule has 3 heteroatoms. The zero-order chi connectivity index (χ0) is 7.84. The summed E-state index contributed by atoms with van der Waals surface area (Å²) in [5.74, 6) is 0.166. The maximum absolute atomic E-state index is 11.1. The molecular formula is C9H8NOV-. The van der Waals surface area contributed by atoms with E-state index < -0.39 is 0 Å². The second kappa shape index (κ2) is 3.34. The first-order chi connectivity index (χ1) is 5.29. The molecule has 1 aliphatic rings. The normalized spacial score (nSPS) is 14.1. The molecule has 2 nitrogen and oxygen atoms in total. The summed E-state index contributed by atoms with van der Waals surface area (Å²) < 4.78 is 0. The van der Waals surface area contributed by atoms with E-state index in [1.54, 1.807) is 11.9 Å². The summed E-state index contributed by atoms with van der Waals surface area (Å²) >= 11 is 0. The van der Waals surface area contributed by atoms with E-state index in [-0.39, 0.29) is 24.5 Å². The minimum Gasteiger partial charge on any atom is -0.339 e. The summed E-state index contributed by atoms with van der Waals surface area (Å²) in [6, 6.07) is 8.57. The average Bonchev–Trinajstić information content (AvgIpc) is 2.30. The van der Waals surface area contributed by atoms with Gasteiger partial charge in [-0.25, -0.2) is 0 Å². The van der Waals surface area contributed by atoms with E-state index in [0.717, 1.165) is 11.3 Å². The molecule has 0 saturated carbocycles. The van der Waals surface area contributed by atoms with Crippen molar-refractivity contribution >= 4 is 11.6 Å². The average molecular weight is 197 g/mol. The number of nitrogens with zero attached hydrogens (tertiary/aromatic N) is 1. The number of carbonyl (C=O) groups excluding carboxylic acids is 1. The van der Waals surface area contributed by atoms with Crippen molar-refractivity contribution in [2.75, 3.05) is 11.9 Å². The van der Waals surface area contributed by atoms with Gasteiger partial charge in [-0.2, -0.15) is 18.2 Å². The maximum Gasteiger partial charge on any atom is 0.217 e. The Bertz CT molecular complexity index is 311. The number of fused-ring (bicyclic) bond motifs is 1. The van der Waals surface area contributed by atoms with Crippen molar-refractivity contribution in [3.8, 4) is 0 Å². The molecule has 0 atom stereocenters. The molecule has 0 spiro atoms. The molecule has 1 amide bonds. The molecule has 1 heterocycles. The molecule has 2 rings (SSSR count). The van der Waals surface area contributed by atoms with Gasteiger partial charge >= 0.3 is 0 Å². The molecule has 1 aromatic carbocycles. The van der Waals surface area contributed by atoms with Gasteiger partial charge in [-0.05, 0) is 0 Å². The molecule has 1 radical (unpaired) electrons. The molecule has 61 valence electrons. The molecule has 0 fully saturated rings. The largest absolute Gasteiger partial charge is 0.339 e. The number of benzene rings is 1. The third-order valence-corrected chi connectivity index (χ3v) is 2.00. The molecule has 0 N–H and O–H groups in total. The van der Waals surface area contributed by atoms with Crippen molar-refractivity contribution in [2.24, 2.45) is 0 Å². The van der Waals surface area contributed by atoms with Crippen LogP contribution in [0.3, 0.4) is 0 Å². The van der Waals surface area contributed by atoms with Crippen molar-refractivity contribution < 1.29 is 23.4 Å². The van der Waals surface area contributed by atoms with E-state index in [1.807, 2.05) is 18.2 Å². The van der Waals surface area contributed by atoms with Crippen LogP contribution in [0.25, 0.3) is 0 Å². The Labute approximate surface area is 83.4 Å². The van der Waals surface area contributed by atoms with Gasteiger partial charge in [0.2, 0.25) is 5.91 Å². The quantitative estimate of drug-likeness (QED) is 0.568. The third kappa shape index (κ3) is 1.28. The Hall–Kier alpha value is -0.726. The predicted molar refractivity (Wildman–Crippen MR) is 42.4 cm³/mol. The van der Waals surface area contributed by atoms with Crippen LogP contribution in [0.4, 0.5) is 5.69 Å². The van der Waals surface area contributed by atoms with Gasteiger partial charge in [0.05, 0.1) is 0 Å². The van der Waals surface area contributed by atoms with E-state index in [1.165, 1.54) is 0 Å². The van der Waals surface area contributed by atoms with Crippen molar-refractivity contribution in [3.05, 3.63) is 29.8 Å². The molecule has 12 heavy (non-hydrogen) atoms. The predicted octanol–water partition coefficient (Wildman–Crippen LogP) is 1.00. The molecular weight excluding hydrogens is 189 g/mol. The number of anilines is 1. The van der Waals surface area contributed by atoms with Crippen LogP contribution < -0.4 is 4.90 Å². The van der Waals surface area contributed by atoms with Gasteiger partial charge in [0.15, 0.2) is 0 Å². The molecule has 1 aliphatic heterocycles. The fourth-order valence-electron chi connectivity index (χ4n) is 1.34. The Morgan fingerprint density at radius 3 is 3.00 bits per heavy atom. The Morgan fingerprint density at radius 1 is 1.58 bits per heavy atom. The molecule has 0 aliphatic carbocycles. The minimum atomic E-state index is 0. The Morgan fingerprint density at radius 2 is 2.33 bits per heavy atom. The van der Waals surface area contributed by atoms with Gasteiger partial charge in [0.1, 0.15) is 0 Å². The number of likely N-dealkylation sites (N-methyl/N-ethyl adjacent to an activating group) is 1. The molecule has 0 aromatic heterocycles. The zero-order valence-electron chi connectivity index (χ0n) is 6.74. The van der Waals surface area contributed by atoms with Crippen molar-refractivity contribution in [3.63, 3.8) is 0 Å². The van der Waals surface area contributed by atoms with E-state index in [4.69, 9.17) is 0 Å². The van der Waals surface area contributed by atoms with Crippen LogP contribution >= 0.6 is 0 Å². The summed E-state index contributed by atoms with van der Waals surface area (Å²) in [5.41, 5.74) is 2.11. The van der Waals surface area contributed by atoms with Crippen LogP contribution in [0.2, 0.25) is 0 Å². The summed E-state index contributed by atoms with van der Waals surface area (Å²) in [5, 5.41) is 0. The third-order valence-electron chi connectivity index (χ3n) is 2.00. The van der Waals surface area contributed by atoms with Crippen molar-refractivity contribution in [1.29, 1.82) is 0 Å². The van der Waals surface area contributed by atoms with Gasteiger partial charge in [-0.1, -0.05) is 5.69 Å². The van der Waals surface area contributed by atoms with Gasteiger partial charge < -0.3 is 4.90 Å². The van der Waals surface area contributed by atoms with Crippen LogP contribution in [0.15, 0.2) is 18.2 Å². The Kier molecular flexibility index (Phi) is 2.60. The number of rotatable bonds is 0. The summed E-state index contributed by atoms with van der Waals surface area (Å²) in [6.07, 6.45) is 0.531. The smallest absolute Gasteiger partial charge is 0.217 e. The second-order valence-electron chi connectivity index (χ2n) is 2.68. The fraction of sp³-hybridized carbons (Fsp3) is 0.222. The topological polar surface area (TPSA) is 20.3 Å². The zero-order valence-corrected chi connectivity index (χ0v) is 8.14. The van der Waals surface area contributed by atoms with Crippen LogP contribution in [0.5, 0.6) is 0 Å². The molecule has 0 saturated heterocycles. The minimum absolute atomic E-state index is 0. The van der Waals surface area contributed by atoms with Gasteiger partial charge in [-0.15, -0.1) is 11.6 Å². The van der Waals surface area contributed by atoms with Crippen LogP contribution in [0.1, 0.15) is 5.56 Å². The van der Waals surface area contributed by atoms with Crippen LogP contribution in [-0.4, -0.2) is 13.0 Å². The number of hydrogen-bond donors (Lipinski definition) is 0. The van der Waals surface area contributed by atoms with E-state index >= 15 is 0 Å². The maximum atomic E-state index is 11.1. The number of carbonyl (C=O) groups is 1. The number of amides is 1. The van der Waals surface area contributed by atoms with Crippen LogP contribution in [-0.2, 0) is 29.8 Å². The first-order valence-corrected chi connectivity index (χ1v) is 3.54. The molecule has 0 bridgehead atoms.